The second-order valence-electron chi connectivity index (χ2n) is 5.50. The van der Waals surface area contributed by atoms with Crippen molar-refractivity contribution >= 4 is 38.2 Å². The summed E-state index contributed by atoms with van der Waals surface area (Å²) in [6, 6.07) is 9.61. The third-order valence-electron chi connectivity index (χ3n) is 3.47. The second kappa shape index (κ2) is 8.92. The summed E-state index contributed by atoms with van der Waals surface area (Å²) in [6.45, 7) is 3.66. The van der Waals surface area contributed by atoms with Gasteiger partial charge in [-0.25, -0.2) is 0 Å². The smallest absolute Gasteiger partial charge is 0.283 e. The normalized spacial score (nSPS) is 13.2. The van der Waals surface area contributed by atoms with Gasteiger partial charge < -0.3 is 15.6 Å². The van der Waals surface area contributed by atoms with Crippen molar-refractivity contribution in [3.63, 3.8) is 0 Å². The average Bonchev–Trinajstić information content (AvgIpc) is 2.61. The van der Waals surface area contributed by atoms with Gasteiger partial charge in [-0.1, -0.05) is 24.6 Å². The summed E-state index contributed by atoms with van der Waals surface area (Å²) in [5.74, 6) is -0.694. The van der Waals surface area contributed by atoms with Crippen LogP contribution in [0.2, 0.25) is 0 Å². The van der Waals surface area contributed by atoms with E-state index in [1.54, 1.807) is 43.6 Å². The molecule has 7 nitrogen and oxygen atoms in total. The molecule has 0 atom stereocenters. The molecule has 9 heteroatoms. The standard InChI is InChI=1S/C18H21N3O4S2/c1-4-25-18(22)16(21-11-5-6-14(19)12-21)17(26-3)20-27(23,24)15-9-7-13(2)8-10-15/h5-12H,4,19H2,1-3H3. The van der Waals surface area contributed by atoms with E-state index in [9.17, 15) is 13.5 Å². The summed E-state index contributed by atoms with van der Waals surface area (Å²) >= 11 is 1.03. The Balaban J connectivity index is 2.63. The maximum atomic E-state index is 12.7. The van der Waals surface area contributed by atoms with Crippen molar-refractivity contribution in [1.82, 2.24) is 0 Å². The summed E-state index contributed by atoms with van der Waals surface area (Å²) in [5.41, 5.74) is 7.10. The van der Waals surface area contributed by atoms with Gasteiger partial charge in [0.2, 0.25) is 0 Å². The van der Waals surface area contributed by atoms with Gasteiger partial charge in [0.1, 0.15) is 5.95 Å². The number of pyridine rings is 1. The number of nitrogen functional groups attached to an aromatic ring is 1. The third kappa shape index (κ3) is 5.24. The minimum Gasteiger partial charge on any atom is -0.609 e. The predicted octanol–water partition coefficient (Wildman–Crippen LogP) is 1.54. The van der Waals surface area contributed by atoms with Gasteiger partial charge in [0, 0.05) is 6.07 Å². The monoisotopic (exact) mass is 407 g/mol. The lowest BCUT2D eigenvalue weighted by atomic mass is 10.2. The highest BCUT2D eigenvalue weighted by atomic mass is 32.2. The molecular formula is C18H21N3O4S2. The Hall–Kier alpha value is -2.52. The van der Waals surface area contributed by atoms with Crippen LogP contribution in [0.15, 0.2) is 64.0 Å². The molecular weight excluding hydrogens is 386 g/mol. The Morgan fingerprint density at radius 2 is 1.96 bits per heavy atom. The fraction of sp³-hybridized carbons (Fsp3) is 0.222. The number of ether oxygens (including phenoxy) is 1. The quantitative estimate of drug-likeness (QED) is 0.337. The molecule has 0 aliphatic rings. The van der Waals surface area contributed by atoms with Crippen molar-refractivity contribution in [3.8, 4) is 0 Å². The fourth-order valence-electron chi connectivity index (χ4n) is 2.18. The van der Waals surface area contributed by atoms with Gasteiger partial charge in [0.15, 0.2) is 17.4 Å². The van der Waals surface area contributed by atoms with E-state index in [1.165, 1.54) is 22.9 Å². The lowest BCUT2D eigenvalue weighted by molar-refractivity contribution is -0.582. The molecule has 2 aromatic rings. The Kier molecular flexibility index (Phi) is 6.86. The molecule has 1 aromatic heterocycles. The molecule has 0 spiro atoms. The van der Waals surface area contributed by atoms with Crippen molar-refractivity contribution in [1.29, 1.82) is 0 Å². The maximum Gasteiger partial charge on any atom is 0.283 e. The second-order valence-corrected chi connectivity index (χ2v) is 7.90. The van der Waals surface area contributed by atoms with E-state index in [2.05, 4.69) is 4.40 Å². The van der Waals surface area contributed by atoms with E-state index >= 15 is 0 Å². The van der Waals surface area contributed by atoms with Gasteiger partial charge in [0.25, 0.3) is 15.7 Å². The number of hydrogen-bond donors (Lipinski definition) is 1. The maximum absolute atomic E-state index is 12.7. The molecule has 0 radical (unpaired) electrons. The predicted molar refractivity (Wildman–Crippen MR) is 105 cm³/mol. The first-order valence-electron chi connectivity index (χ1n) is 8.05. The summed E-state index contributed by atoms with van der Waals surface area (Å²) < 4.78 is 35.8. The molecule has 144 valence electrons. The molecule has 1 aromatic carbocycles. The number of nitrogens with zero attached hydrogens (tertiary/aromatic N) is 2. The zero-order valence-electron chi connectivity index (χ0n) is 15.2. The molecule has 0 bridgehead atoms. The van der Waals surface area contributed by atoms with E-state index in [0.717, 1.165) is 17.3 Å². The molecule has 0 saturated carbocycles. The first kappa shape index (κ1) is 20.8. The van der Waals surface area contributed by atoms with Crippen LogP contribution in [0, 0.1) is 6.92 Å². The SMILES string of the molecule is CCO/C([O-])=C(/C(=N/S(=O)(=O)c1ccc(C)cc1)SC)[n+]1cccc(N)c1. The number of rotatable bonds is 6. The van der Waals surface area contributed by atoms with Gasteiger partial charge >= 0.3 is 0 Å². The van der Waals surface area contributed by atoms with Gasteiger partial charge in [-0.2, -0.15) is 13.0 Å². The molecule has 2 rings (SSSR count). The number of thioether (sulfide) groups is 1. The first-order valence-corrected chi connectivity index (χ1v) is 10.7. The van der Waals surface area contributed by atoms with Crippen molar-refractivity contribution in [3.05, 3.63) is 60.3 Å². The Labute approximate surface area is 163 Å². The van der Waals surface area contributed by atoms with Crippen LogP contribution in [0.3, 0.4) is 0 Å². The summed E-state index contributed by atoms with van der Waals surface area (Å²) in [6.07, 6.45) is 4.71. The topological polar surface area (TPSA) is 109 Å². The van der Waals surface area contributed by atoms with Gasteiger partial charge in [-0.05, 0) is 38.0 Å². The lowest BCUT2D eigenvalue weighted by Crippen LogP contribution is -2.39. The van der Waals surface area contributed by atoms with Crippen molar-refractivity contribution < 1.29 is 22.8 Å². The number of benzene rings is 1. The molecule has 0 saturated heterocycles. The minimum absolute atomic E-state index is 0.00428. The molecule has 0 fully saturated rings. The molecule has 1 heterocycles. The lowest BCUT2D eigenvalue weighted by Gasteiger charge is -2.15. The van der Waals surface area contributed by atoms with Crippen LogP contribution in [0.4, 0.5) is 5.69 Å². The van der Waals surface area contributed by atoms with Crippen LogP contribution >= 0.6 is 11.8 Å². The fourth-order valence-corrected chi connectivity index (χ4v) is 4.05. The number of sulfonamides is 1. The van der Waals surface area contributed by atoms with Crippen LogP contribution in [0.5, 0.6) is 0 Å². The largest absolute Gasteiger partial charge is 0.609 e. The Bertz CT molecular complexity index is 968. The summed E-state index contributed by atoms with van der Waals surface area (Å²) in [7, 11) is -4.01. The van der Waals surface area contributed by atoms with E-state index in [-0.39, 0.29) is 22.2 Å². The molecule has 2 N–H and O–H groups in total. The number of aryl methyl sites for hydroxylation is 1. The highest BCUT2D eigenvalue weighted by Gasteiger charge is 2.24. The number of aromatic nitrogens is 1. The van der Waals surface area contributed by atoms with E-state index in [1.807, 2.05) is 6.92 Å². The molecule has 0 unspecified atom stereocenters. The Morgan fingerprint density at radius 1 is 1.30 bits per heavy atom. The zero-order chi connectivity index (χ0) is 20.0. The first-order chi connectivity index (χ1) is 12.8. The third-order valence-corrected chi connectivity index (χ3v) is 5.55. The number of anilines is 1. The van der Waals surface area contributed by atoms with Crippen LogP contribution in [0.25, 0.3) is 5.70 Å². The van der Waals surface area contributed by atoms with Crippen LogP contribution in [-0.4, -0.2) is 26.3 Å². The van der Waals surface area contributed by atoms with Crippen LogP contribution in [0.1, 0.15) is 12.5 Å². The van der Waals surface area contributed by atoms with Gasteiger partial charge in [-0.3, -0.25) is 0 Å². The molecule has 0 amide bonds. The van der Waals surface area contributed by atoms with E-state index in [4.69, 9.17) is 10.5 Å². The van der Waals surface area contributed by atoms with Crippen LogP contribution in [-0.2, 0) is 14.8 Å². The molecule has 0 aliphatic heterocycles. The highest BCUT2D eigenvalue weighted by Crippen LogP contribution is 2.20. The number of nitrogens with two attached hydrogens (primary N) is 1. The summed E-state index contributed by atoms with van der Waals surface area (Å²) in [4.78, 5) is 0.0421. The van der Waals surface area contributed by atoms with Gasteiger partial charge in [0.05, 0.1) is 10.6 Å². The van der Waals surface area contributed by atoms with Crippen molar-refractivity contribution in [2.45, 2.75) is 18.7 Å². The minimum atomic E-state index is -4.01. The molecule has 0 aliphatic carbocycles. The Morgan fingerprint density at radius 3 is 2.52 bits per heavy atom. The van der Waals surface area contributed by atoms with Gasteiger partial charge in [-0.15, -0.1) is 16.2 Å². The number of hydrogen-bond acceptors (Lipinski definition) is 6. The zero-order valence-corrected chi connectivity index (χ0v) is 16.9. The highest BCUT2D eigenvalue weighted by molar-refractivity contribution is 8.15. The van der Waals surface area contributed by atoms with Crippen molar-refractivity contribution in [2.24, 2.45) is 4.40 Å². The molecule has 27 heavy (non-hydrogen) atoms. The van der Waals surface area contributed by atoms with E-state index in [0.29, 0.717) is 5.69 Å². The van der Waals surface area contributed by atoms with Crippen molar-refractivity contribution in [2.75, 3.05) is 18.6 Å². The summed E-state index contributed by atoms with van der Waals surface area (Å²) in [5, 5.41) is 12.5. The van der Waals surface area contributed by atoms with Crippen LogP contribution < -0.4 is 15.4 Å². The van der Waals surface area contributed by atoms with E-state index < -0.39 is 16.0 Å². The average molecular weight is 408 g/mol.